The second-order valence-corrected chi connectivity index (χ2v) is 6.67. The molecule has 1 rings (SSSR count). The monoisotopic (exact) mass is 348 g/mol. The van der Waals surface area contributed by atoms with E-state index in [1.165, 1.54) is 12.0 Å². The normalized spacial score (nSPS) is 10.7. The first-order valence-electron chi connectivity index (χ1n) is 7.70. The molecular weight excluding hydrogens is 324 g/mol. The summed E-state index contributed by atoms with van der Waals surface area (Å²) < 4.78 is 10.2. The lowest BCUT2D eigenvalue weighted by Gasteiger charge is -2.28. The van der Waals surface area contributed by atoms with Crippen molar-refractivity contribution in [2.45, 2.75) is 47.1 Å². The van der Waals surface area contributed by atoms with Crippen LogP contribution in [0.15, 0.2) is 5.11 Å². The molecule has 1 aromatic rings. The summed E-state index contributed by atoms with van der Waals surface area (Å²) in [6.45, 7) is 10.4. The van der Waals surface area contributed by atoms with Crippen molar-refractivity contribution in [1.29, 1.82) is 0 Å². The van der Waals surface area contributed by atoms with Gasteiger partial charge in [0.1, 0.15) is 5.60 Å². The van der Waals surface area contributed by atoms with Crippen molar-refractivity contribution in [1.82, 2.24) is 0 Å². The average Bonchev–Trinajstić information content (AvgIpc) is 2.49. The Morgan fingerprint density at radius 2 is 1.68 bits per heavy atom. The van der Waals surface area contributed by atoms with Crippen molar-refractivity contribution in [3.63, 3.8) is 0 Å². The smallest absolute Gasteiger partial charge is 0.414 e. The lowest BCUT2D eigenvalue weighted by molar-refractivity contribution is 0.0578. The summed E-state index contributed by atoms with van der Waals surface area (Å²) in [6, 6.07) is 0. The minimum Gasteiger partial charge on any atom is -0.465 e. The summed E-state index contributed by atoms with van der Waals surface area (Å²) in [4.78, 5) is 28.8. The number of nitrogens with zero attached hydrogens (tertiary/aromatic N) is 4. The Balaban J connectivity index is 3.69. The molecule has 25 heavy (non-hydrogen) atoms. The summed E-state index contributed by atoms with van der Waals surface area (Å²) in [5.74, 6) is -0.566. The maximum atomic E-state index is 12.5. The number of anilines is 1. The lowest BCUT2D eigenvalue weighted by atomic mass is 9.94. The topological polar surface area (TPSA) is 105 Å². The highest BCUT2D eigenvalue weighted by Crippen LogP contribution is 2.39. The fraction of sp³-hybridized carbons (Fsp3) is 0.529. The highest BCUT2D eigenvalue weighted by Gasteiger charge is 2.28. The Kier molecular flexibility index (Phi) is 6.05. The highest BCUT2D eigenvalue weighted by atomic mass is 16.6. The molecule has 0 fully saturated rings. The molecule has 0 atom stereocenters. The Morgan fingerprint density at radius 1 is 1.12 bits per heavy atom. The highest BCUT2D eigenvalue weighted by molar-refractivity contribution is 6.00. The molecule has 0 saturated heterocycles. The van der Waals surface area contributed by atoms with Crippen LogP contribution in [-0.4, -0.2) is 31.8 Å². The minimum absolute atomic E-state index is 0.265. The van der Waals surface area contributed by atoms with E-state index >= 15 is 0 Å². The van der Waals surface area contributed by atoms with Gasteiger partial charge in [0.15, 0.2) is 0 Å². The van der Waals surface area contributed by atoms with Crippen molar-refractivity contribution in [2.24, 2.45) is 5.11 Å². The van der Waals surface area contributed by atoms with Gasteiger partial charge in [0.25, 0.3) is 0 Å². The molecular formula is C17H24N4O4. The SMILES string of the molecule is COC(=O)c1c(C)c(N=[N+]=[N-])c(C)c(N(C)C(=O)OC(C)(C)C)c1C. The molecule has 0 unspecified atom stereocenters. The Labute approximate surface area is 147 Å². The average molecular weight is 348 g/mol. The maximum Gasteiger partial charge on any atom is 0.414 e. The minimum atomic E-state index is -0.670. The van der Waals surface area contributed by atoms with Gasteiger partial charge >= 0.3 is 12.1 Å². The summed E-state index contributed by atoms with van der Waals surface area (Å²) in [6.07, 6.45) is -0.578. The van der Waals surface area contributed by atoms with Crippen LogP contribution in [0.1, 0.15) is 47.8 Å². The van der Waals surface area contributed by atoms with E-state index < -0.39 is 17.7 Å². The molecule has 0 radical (unpaired) electrons. The molecule has 1 amide bonds. The molecule has 0 aromatic heterocycles. The molecule has 0 bridgehead atoms. The van der Waals surface area contributed by atoms with E-state index in [0.717, 1.165) is 0 Å². The molecule has 0 aliphatic rings. The van der Waals surface area contributed by atoms with Crippen molar-refractivity contribution < 1.29 is 19.1 Å². The van der Waals surface area contributed by atoms with Crippen LogP contribution >= 0.6 is 0 Å². The van der Waals surface area contributed by atoms with Crippen molar-refractivity contribution >= 4 is 23.4 Å². The first-order chi connectivity index (χ1) is 11.5. The van der Waals surface area contributed by atoms with Gasteiger partial charge in [-0.3, -0.25) is 4.90 Å². The largest absolute Gasteiger partial charge is 0.465 e. The second kappa shape index (κ2) is 7.44. The number of benzene rings is 1. The van der Waals surface area contributed by atoms with Crippen LogP contribution in [0.4, 0.5) is 16.2 Å². The van der Waals surface area contributed by atoms with Crippen molar-refractivity contribution in [3.05, 3.63) is 32.7 Å². The van der Waals surface area contributed by atoms with Crippen LogP contribution in [0.3, 0.4) is 0 Å². The molecule has 0 saturated carbocycles. The third-order valence-electron chi connectivity index (χ3n) is 3.71. The molecule has 0 spiro atoms. The number of carbonyl (C=O) groups is 2. The molecule has 0 N–H and O–H groups in total. The van der Waals surface area contributed by atoms with Gasteiger partial charge < -0.3 is 9.47 Å². The molecule has 8 heteroatoms. The molecule has 1 aromatic carbocycles. The van der Waals surface area contributed by atoms with Crippen LogP contribution in [0.2, 0.25) is 0 Å². The molecule has 0 aliphatic heterocycles. The zero-order valence-corrected chi connectivity index (χ0v) is 15.9. The molecule has 8 nitrogen and oxygen atoms in total. The molecule has 136 valence electrons. The summed E-state index contributed by atoms with van der Waals surface area (Å²) in [7, 11) is 2.81. The van der Waals surface area contributed by atoms with E-state index in [0.29, 0.717) is 28.1 Å². The van der Waals surface area contributed by atoms with Gasteiger partial charge in [-0.15, -0.1) is 0 Å². The van der Waals surface area contributed by atoms with Crippen molar-refractivity contribution in [2.75, 3.05) is 19.1 Å². The van der Waals surface area contributed by atoms with Gasteiger partial charge in [-0.25, -0.2) is 9.59 Å². The number of esters is 1. The third kappa shape index (κ3) is 4.22. The molecule has 0 heterocycles. The quantitative estimate of drug-likeness (QED) is 0.341. The van der Waals surface area contributed by atoms with Crippen LogP contribution in [0, 0.1) is 20.8 Å². The number of carbonyl (C=O) groups excluding carboxylic acids is 2. The maximum absolute atomic E-state index is 12.5. The Hall–Kier alpha value is -2.73. The number of azide groups is 1. The summed E-state index contributed by atoms with van der Waals surface area (Å²) in [5, 5.41) is 3.70. The van der Waals surface area contributed by atoms with Crippen LogP contribution in [0.5, 0.6) is 0 Å². The third-order valence-corrected chi connectivity index (χ3v) is 3.71. The van der Waals surface area contributed by atoms with E-state index in [2.05, 4.69) is 10.0 Å². The van der Waals surface area contributed by atoms with Crippen LogP contribution in [0.25, 0.3) is 10.4 Å². The number of rotatable bonds is 3. The number of hydrogen-bond acceptors (Lipinski definition) is 5. The van der Waals surface area contributed by atoms with E-state index in [1.54, 1.807) is 48.6 Å². The standard InChI is InChI=1S/C17H24N4O4/c1-9-12(15(22)24-8)10(2)14(11(3)13(9)19-20-18)21(7)16(23)25-17(4,5)6/h1-8H3. The van der Waals surface area contributed by atoms with E-state index in [-0.39, 0.29) is 5.56 Å². The van der Waals surface area contributed by atoms with Gasteiger partial charge in [0.2, 0.25) is 0 Å². The number of hydrogen-bond donors (Lipinski definition) is 0. The predicted octanol–water partition coefficient (Wildman–Crippen LogP) is 4.71. The first-order valence-corrected chi connectivity index (χ1v) is 7.70. The molecule has 0 aliphatic carbocycles. The Bertz CT molecular complexity index is 759. The van der Waals surface area contributed by atoms with Crippen molar-refractivity contribution in [3.8, 4) is 0 Å². The van der Waals surface area contributed by atoms with Gasteiger partial charge in [-0.05, 0) is 63.8 Å². The van der Waals surface area contributed by atoms with Gasteiger partial charge in [-0.2, -0.15) is 0 Å². The zero-order chi connectivity index (χ0) is 19.5. The second-order valence-electron chi connectivity index (χ2n) is 6.67. The zero-order valence-electron chi connectivity index (χ0n) is 15.9. The fourth-order valence-electron chi connectivity index (χ4n) is 2.72. The van der Waals surface area contributed by atoms with Gasteiger partial charge in [0, 0.05) is 17.6 Å². The first kappa shape index (κ1) is 20.3. The van der Waals surface area contributed by atoms with Gasteiger partial charge in [-0.1, -0.05) is 5.11 Å². The predicted molar refractivity (Wildman–Crippen MR) is 95.4 cm³/mol. The fourth-order valence-corrected chi connectivity index (χ4v) is 2.72. The summed E-state index contributed by atoms with van der Waals surface area (Å²) >= 11 is 0. The van der Waals surface area contributed by atoms with Crippen LogP contribution in [-0.2, 0) is 9.47 Å². The van der Waals surface area contributed by atoms with E-state index in [9.17, 15) is 9.59 Å². The van der Waals surface area contributed by atoms with Crippen LogP contribution < -0.4 is 4.90 Å². The Morgan fingerprint density at radius 3 is 2.12 bits per heavy atom. The van der Waals surface area contributed by atoms with Gasteiger partial charge in [0.05, 0.1) is 18.4 Å². The number of amides is 1. The lowest BCUT2D eigenvalue weighted by Crippen LogP contribution is -2.35. The number of methoxy groups -OCH3 is 1. The van der Waals surface area contributed by atoms with E-state index in [1.807, 2.05) is 0 Å². The van der Waals surface area contributed by atoms with E-state index in [4.69, 9.17) is 15.0 Å². The summed E-state index contributed by atoms with van der Waals surface area (Å²) in [5.41, 5.74) is 10.8. The number of ether oxygens (including phenoxy) is 2.